The van der Waals surface area contributed by atoms with Gasteiger partial charge in [0.2, 0.25) is 0 Å². The molecule has 16 heteroatoms. The van der Waals surface area contributed by atoms with Gasteiger partial charge < -0.3 is 22.8 Å². The Morgan fingerprint density at radius 3 is 0.848 bits per heavy atom. The molecule has 26 aromatic rings. The molecule has 0 N–H and O–H groups in total. The molecule has 1 aliphatic carbocycles. The molecule has 682 valence electrons. The van der Waals surface area contributed by atoms with Gasteiger partial charge in [0, 0.05) is 209 Å². The van der Waals surface area contributed by atoms with Crippen LogP contribution in [0.25, 0.3) is 229 Å². The smallest absolute Gasteiger partial charge is 0.194 e. The summed E-state index contributed by atoms with van der Waals surface area (Å²) in [5, 5.41) is 4.84. The van der Waals surface area contributed by atoms with Crippen LogP contribution in [0.4, 0.5) is 0 Å². The van der Waals surface area contributed by atoms with E-state index in [-0.39, 0.29) is 5.78 Å². The Hall–Kier alpha value is -20.0. The number of pyridine rings is 8. The Bertz CT molecular complexity index is 8800. The van der Waals surface area contributed by atoms with Crippen molar-refractivity contribution in [2.75, 3.05) is 0 Å². The van der Waals surface area contributed by atoms with Crippen LogP contribution in [0, 0.1) is 0 Å². The third-order valence-electron chi connectivity index (χ3n) is 26.9. The van der Waals surface area contributed by atoms with Crippen LogP contribution in [0.5, 0.6) is 0 Å². The van der Waals surface area contributed by atoms with Crippen molar-refractivity contribution < 1.29 is 4.79 Å². The zero-order valence-corrected chi connectivity index (χ0v) is 78.2. The lowest BCUT2D eigenvalue weighted by molar-refractivity contribution is 0.104. The van der Waals surface area contributed by atoms with E-state index in [2.05, 4.69) is 372 Å². The second-order valence-corrected chi connectivity index (χ2v) is 35.6. The summed E-state index contributed by atoms with van der Waals surface area (Å²) in [7, 11) is 0. The summed E-state index contributed by atoms with van der Waals surface area (Å²) in [6, 6.07) is 149. The number of hydrogen-bond acceptors (Lipinski definition) is 11. The van der Waals surface area contributed by atoms with Gasteiger partial charge in [-0.25, -0.2) is 9.97 Å². The molecule has 0 atom stereocenters. The van der Waals surface area contributed by atoms with Crippen molar-refractivity contribution in [3.63, 3.8) is 0 Å². The number of fused-ring (bicyclic) bond motifs is 9. The van der Waals surface area contributed by atoms with Gasteiger partial charge in [0.15, 0.2) is 11.6 Å². The maximum atomic E-state index is 13.0. The molecular formula is C129H85N15O. The predicted octanol–water partition coefficient (Wildman–Crippen LogP) is 30.5. The first-order valence-electron chi connectivity index (χ1n) is 48.1. The maximum Gasteiger partial charge on any atom is 0.194 e. The monoisotopic (exact) mass is 1860 g/mol. The van der Waals surface area contributed by atoms with Crippen LogP contribution in [-0.4, -0.2) is 78.5 Å². The van der Waals surface area contributed by atoms with Crippen LogP contribution in [0.2, 0.25) is 0 Å². The highest BCUT2D eigenvalue weighted by Gasteiger charge is 2.29. The molecule has 0 bridgehead atoms. The van der Waals surface area contributed by atoms with Crippen LogP contribution < -0.4 is 0 Å². The number of nitrogens with zero attached hydrogens (tertiary/aromatic N) is 15. The number of rotatable bonds is 18. The second-order valence-electron chi connectivity index (χ2n) is 35.6. The van der Waals surface area contributed by atoms with Gasteiger partial charge in [-0.2, -0.15) is 0 Å². The summed E-state index contributed by atoms with van der Waals surface area (Å²) in [4.78, 5) is 59.2. The number of benzene rings is 12. The van der Waals surface area contributed by atoms with Gasteiger partial charge in [0.05, 0.1) is 79.0 Å². The molecule has 16 nitrogen and oxygen atoms in total. The number of aromatic nitrogens is 15. The molecule has 14 heterocycles. The minimum atomic E-state index is 0.0960. The van der Waals surface area contributed by atoms with E-state index in [9.17, 15) is 4.79 Å². The molecule has 145 heavy (non-hydrogen) atoms. The molecule has 0 radical (unpaired) electrons. The van der Waals surface area contributed by atoms with Gasteiger partial charge in [0.1, 0.15) is 0 Å². The maximum absolute atomic E-state index is 13.0. The fourth-order valence-corrected chi connectivity index (χ4v) is 20.2. The lowest BCUT2D eigenvalue weighted by Crippen LogP contribution is -2.02. The standard InChI is InChI=1S/C60H39N7.C36H25N5.C33H21N3O/c1-2-14-41(15-3-1)60-63-52(40-26-28-45(29-27-40)65-54(42-16-12-32-61-38-42)30-31-55(65)43-17-13-33-62-39-43)37-53(64-60)44-34-46(66-56-22-8-4-18-48(56)49-19-5-9-23-57(49)66)36-47(35-44)67-58-24-10-6-20-50(58)51-21-7-11-25-59(51)67;1-3-19-39-33(9-1)30-21-29(22-31(23-30)34-10-2-4-20-40-34)26-11-13-32(14-12-26)41-35(27-7-5-17-37-24-27)15-16-36(41)28-8-6-18-38-25-28;37-33-29-8-2-1-7-27(29)28-14-11-23(19-30(28)33)22-9-12-26(13-10-22)36-31(24-5-3-17-34-20-24)15-16-32(36)25-6-4-18-35-21-25/h1-39H;1-25H;1-21H. The lowest BCUT2D eigenvalue weighted by atomic mass is 9.96. The van der Waals surface area contributed by atoms with Crippen molar-refractivity contribution in [3.05, 3.63) is 529 Å². The summed E-state index contributed by atoms with van der Waals surface area (Å²) in [5.74, 6) is 0.750. The molecule has 1 aliphatic rings. The SMILES string of the molecule is O=C1c2ccccc2-c2ccc(-c3ccc(-n4c(-c5cccnc5)ccc4-c4cccnc4)cc3)cc21.c1ccc(-c2cc(-c3ccc(-n4c(-c5cccnc5)ccc4-c4cccnc4)cc3)cc(-c3ccccn3)c2)nc1.c1ccc(-c2nc(-c3ccc(-n4c(-c5cccnc5)ccc4-c4cccnc4)cc3)cc(-c3cc(-n4c5ccccc5c5ccccc54)cc(-n4c5ccccc5c5ccccc54)c3)n2)cc1. The zero-order valence-electron chi connectivity index (χ0n) is 78.2. The van der Waals surface area contributed by atoms with Gasteiger partial charge >= 0.3 is 0 Å². The van der Waals surface area contributed by atoms with E-state index in [1.54, 1.807) is 37.2 Å². The Morgan fingerprint density at radius 2 is 0.476 bits per heavy atom. The third-order valence-corrected chi connectivity index (χ3v) is 26.9. The molecule has 14 aromatic heterocycles. The van der Waals surface area contributed by atoms with E-state index < -0.39 is 0 Å². The first kappa shape index (κ1) is 86.6. The fraction of sp³-hybridized carbons (Fsp3) is 0. The number of ketones is 1. The van der Waals surface area contributed by atoms with E-state index in [4.69, 9.17) is 9.97 Å². The van der Waals surface area contributed by atoms with Crippen molar-refractivity contribution in [1.82, 2.24) is 72.7 Å². The van der Waals surface area contributed by atoms with Gasteiger partial charge in [-0.3, -0.25) is 44.7 Å². The van der Waals surface area contributed by atoms with Crippen molar-refractivity contribution in [2.45, 2.75) is 0 Å². The molecule has 12 aromatic carbocycles. The summed E-state index contributed by atoms with van der Waals surface area (Å²) in [6.45, 7) is 0. The number of hydrogen-bond donors (Lipinski definition) is 0. The molecule has 0 saturated carbocycles. The van der Waals surface area contributed by atoms with Crippen molar-refractivity contribution >= 4 is 49.4 Å². The molecule has 0 saturated heterocycles. The van der Waals surface area contributed by atoms with Crippen LogP contribution in [0.1, 0.15) is 15.9 Å². The first-order valence-corrected chi connectivity index (χ1v) is 48.1. The summed E-state index contributed by atoms with van der Waals surface area (Å²) in [6.07, 6.45) is 25.8. The molecule has 0 aliphatic heterocycles. The van der Waals surface area contributed by atoms with E-state index in [1.807, 2.05) is 171 Å². The van der Waals surface area contributed by atoms with Crippen LogP contribution in [-0.2, 0) is 0 Å². The lowest BCUT2D eigenvalue weighted by Gasteiger charge is -2.17. The summed E-state index contributed by atoms with van der Waals surface area (Å²) in [5.41, 5.74) is 38.7. The van der Waals surface area contributed by atoms with Gasteiger partial charge in [-0.1, -0.05) is 188 Å². The predicted molar refractivity (Wildman–Crippen MR) is 583 cm³/mol. The average Bonchev–Trinajstić information content (AvgIpc) is 1.58. The van der Waals surface area contributed by atoms with Gasteiger partial charge in [-0.05, 0) is 276 Å². The molecule has 0 spiro atoms. The van der Waals surface area contributed by atoms with Crippen molar-refractivity contribution in [3.8, 4) is 186 Å². The minimum Gasteiger partial charge on any atom is -0.309 e. The Balaban J connectivity index is 0.000000121. The quantitative estimate of drug-likeness (QED) is 0.0801. The van der Waals surface area contributed by atoms with Gasteiger partial charge in [0.25, 0.3) is 0 Å². The highest BCUT2D eigenvalue weighted by Crippen LogP contribution is 2.45. The first-order chi connectivity index (χ1) is 71.8. The Morgan fingerprint density at radius 1 is 0.166 bits per heavy atom. The molecule has 27 rings (SSSR count). The highest BCUT2D eigenvalue weighted by molar-refractivity contribution is 6.22. The van der Waals surface area contributed by atoms with Crippen molar-refractivity contribution in [2.24, 2.45) is 0 Å². The number of carbonyl (C=O) groups is 1. The molecule has 0 amide bonds. The van der Waals surface area contributed by atoms with E-state index in [1.165, 1.54) is 21.5 Å². The molecular weight excluding hydrogens is 1780 g/mol. The fourth-order valence-electron chi connectivity index (χ4n) is 20.2. The van der Waals surface area contributed by atoms with Crippen LogP contribution >= 0.6 is 0 Å². The zero-order chi connectivity index (χ0) is 96.5. The van der Waals surface area contributed by atoms with Gasteiger partial charge in [-0.15, -0.1) is 0 Å². The van der Waals surface area contributed by atoms with Crippen molar-refractivity contribution in [1.29, 1.82) is 0 Å². The third kappa shape index (κ3) is 16.7. The highest BCUT2D eigenvalue weighted by atomic mass is 16.1. The normalized spacial score (nSPS) is 11.5. The second kappa shape index (κ2) is 38.1. The van der Waals surface area contributed by atoms with Crippen LogP contribution in [0.15, 0.2) is 517 Å². The van der Waals surface area contributed by atoms with E-state index in [0.717, 1.165) is 213 Å². The summed E-state index contributed by atoms with van der Waals surface area (Å²) >= 11 is 0. The molecule has 0 unspecified atom stereocenters. The largest absolute Gasteiger partial charge is 0.309 e. The summed E-state index contributed by atoms with van der Waals surface area (Å²) < 4.78 is 11.6. The van der Waals surface area contributed by atoms with Crippen LogP contribution in [0.3, 0.4) is 0 Å². The van der Waals surface area contributed by atoms with E-state index >= 15 is 0 Å². The Kier molecular flexibility index (Phi) is 22.7. The Labute approximate surface area is 835 Å². The number of carbonyl (C=O) groups excluding carboxylic acids is 1. The van der Waals surface area contributed by atoms with E-state index in [0.29, 0.717) is 5.82 Å². The minimum absolute atomic E-state index is 0.0960. The molecule has 0 fully saturated rings. The average molecular weight is 1860 g/mol. The number of para-hydroxylation sites is 4. The topological polar surface area (TPSA) is 171 Å².